The van der Waals surface area contributed by atoms with Crippen molar-refractivity contribution in [3.05, 3.63) is 18.2 Å². The van der Waals surface area contributed by atoms with Gasteiger partial charge in [0.2, 0.25) is 0 Å². The van der Waals surface area contributed by atoms with E-state index in [1.54, 1.807) is 14.2 Å². The molecule has 1 saturated carbocycles. The molecule has 0 saturated heterocycles. The lowest BCUT2D eigenvalue weighted by Gasteiger charge is -2.20. The molecule has 3 nitrogen and oxygen atoms in total. The molecule has 0 heterocycles. The van der Waals surface area contributed by atoms with Crippen molar-refractivity contribution in [1.82, 2.24) is 0 Å². The minimum absolute atomic E-state index is 0.431. The number of hydrogen-bond donors (Lipinski definition) is 1. The second-order valence-electron chi connectivity index (χ2n) is 6.40. The molecule has 0 amide bonds. The Morgan fingerprint density at radius 1 is 1.05 bits per heavy atom. The smallest absolute Gasteiger partial charge is 0.124 e. The molecule has 2 atom stereocenters. The van der Waals surface area contributed by atoms with Gasteiger partial charge in [-0.1, -0.05) is 20.8 Å². The Hall–Kier alpha value is -1.38. The molecule has 1 aromatic rings. The summed E-state index contributed by atoms with van der Waals surface area (Å²) in [6, 6.07) is 6.47. The van der Waals surface area contributed by atoms with Gasteiger partial charge >= 0.3 is 0 Å². The average molecular weight is 263 g/mol. The van der Waals surface area contributed by atoms with Crippen molar-refractivity contribution in [3.8, 4) is 11.5 Å². The van der Waals surface area contributed by atoms with E-state index in [2.05, 4.69) is 26.1 Å². The van der Waals surface area contributed by atoms with Crippen molar-refractivity contribution in [2.45, 2.75) is 39.7 Å². The molecule has 19 heavy (non-hydrogen) atoms. The SMILES string of the molecule is COc1cc(NC2CC(C)(C)CC2C)cc(OC)c1. The summed E-state index contributed by atoms with van der Waals surface area (Å²) in [5, 5.41) is 3.64. The molecule has 0 spiro atoms. The first-order valence-corrected chi connectivity index (χ1v) is 6.93. The first-order valence-electron chi connectivity index (χ1n) is 6.93. The zero-order chi connectivity index (χ0) is 14.0. The minimum atomic E-state index is 0.431. The van der Waals surface area contributed by atoms with Gasteiger partial charge in [-0.25, -0.2) is 0 Å². The average Bonchev–Trinajstić information content (AvgIpc) is 2.61. The van der Waals surface area contributed by atoms with Crippen LogP contribution in [0.5, 0.6) is 11.5 Å². The van der Waals surface area contributed by atoms with Gasteiger partial charge in [0.15, 0.2) is 0 Å². The molecule has 0 radical (unpaired) electrons. The summed E-state index contributed by atoms with van der Waals surface area (Å²) < 4.78 is 10.6. The maximum atomic E-state index is 5.31. The molecular formula is C16H25NO2. The highest BCUT2D eigenvalue weighted by atomic mass is 16.5. The number of methoxy groups -OCH3 is 2. The number of nitrogens with one attached hydrogen (secondary N) is 1. The van der Waals surface area contributed by atoms with Crippen LogP contribution in [0.3, 0.4) is 0 Å². The van der Waals surface area contributed by atoms with Gasteiger partial charge in [-0.15, -0.1) is 0 Å². The summed E-state index contributed by atoms with van der Waals surface area (Å²) in [6.07, 6.45) is 2.47. The van der Waals surface area contributed by atoms with E-state index in [1.807, 2.05) is 18.2 Å². The summed E-state index contributed by atoms with van der Waals surface area (Å²) in [5.74, 6) is 2.34. The van der Waals surface area contributed by atoms with Crippen molar-refractivity contribution < 1.29 is 9.47 Å². The van der Waals surface area contributed by atoms with Crippen molar-refractivity contribution in [2.75, 3.05) is 19.5 Å². The van der Waals surface area contributed by atoms with Gasteiger partial charge in [-0.2, -0.15) is 0 Å². The maximum absolute atomic E-state index is 5.31. The van der Waals surface area contributed by atoms with Gasteiger partial charge in [0.25, 0.3) is 0 Å². The van der Waals surface area contributed by atoms with Crippen LogP contribution in [0.2, 0.25) is 0 Å². The standard InChI is InChI=1S/C16H25NO2/c1-11-9-16(2,3)10-15(11)17-12-6-13(18-4)8-14(7-12)19-5/h6-8,11,15,17H,9-10H2,1-5H3. The lowest BCUT2D eigenvalue weighted by molar-refractivity contribution is 0.366. The van der Waals surface area contributed by atoms with Crippen LogP contribution in [0.1, 0.15) is 33.6 Å². The van der Waals surface area contributed by atoms with E-state index >= 15 is 0 Å². The van der Waals surface area contributed by atoms with Crippen molar-refractivity contribution in [2.24, 2.45) is 11.3 Å². The molecule has 1 fully saturated rings. The fourth-order valence-corrected chi connectivity index (χ4v) is 3.19. The number of ether oxygens (including phenoxy) is 2. The summed E-state index contributed by atoms with van der Waals surface area (Å²) in [4.78, 5) is 0. The molecule has 1 aromatic carbocycles. The highest BCUT2D eigenvalue weighted by molar-refractivity contribution is 5.54. The van der Waals surface area contributed by atoms with Gasteiger partial charge in [0.1, 0.15) is 11.5 Å². The Balaban J connectivity index is 2.15. The first kappa shape index (κ1) is 14.0. The van der Waals surface area contributed by atoms with E-state index in [4.69, 9.17) is 9.47 Å². The Kier molecular flexibility index (Phi) is 3.93. The van der Waals surface area contributed by atoms with Crippen LogP contribution in [0, 0.1) is 11.3 Å². The van der Waals surface area contributed by atoms with E-state index in [0.717, 1.165) is 17.2 Å². The first-order chi connectivity index (χ1) is 8.93. The van der Waals surface area contributed by atoms with Crippen LogP contribution in [0.25, 0.3) is 0 Å². The van der Waals surface area contributed by atoms with E-state index in [-0.39, 0.29) is 0 Å². The molecule has 0 aromatic heterocycles. The fraction of sp³-hybridized carbons (Fsp3) is 0.625. The third-order valence-electron chi connectivity index (χ3n) is 4.04. The van der Waals surface area contributed by atoms with E-state index in [0.29, 0.717) is 17.4 Å². The van der Waals surface area contributed by atoms with Crippen LogP contribution in [-0.4, -0.2) is 20.3 Å². The van der Waals surface area contributed by atoms with Crippen LogP contribution < -0.4 is 14.8 Å². The Labute approximate surface area is 116 Å². The normalized spacial score (nSPS) is 25.1. The molecule has 106 valence electrons. The summed E-state index contributed by atoms with van der Waals surface area (Å²) in [7, 11) is 3.36. The highest BCUT2D eigenvalue weighted by Gasteiger charge is 2.36. The lowest BCUT2D eigenvalue weighted by Crippen LogP contribution is -2.22. The van der Waals surface area contributed by atoms with Crippen LogP contribution in [-0.2, 0) is 0 Å². The van der Waals surface area contributed by atoms with E-state index in [9.17, 15) is 0 Å². The lowest BCUT2D eigenvalue weighted by atomic mass is 9.91. The van der Waals surface area contributed by atoms with Crippen LogP contribution >= 0.6 is 0 Å². The molecular weight excluding hydrogens is 238 g/mol. The minimum Gasteiger partial charge on any atom is -0.497 e. The zero-order valence-electron chi connectivity index (χ0n) is 12.6. The summed E-state index contributed by atoms with van der Waals surface area (Å²) >= 11 is 0. The second-order valence-corrected chi connectivity index (χ2v) is 6.40. The predicted octanol–water partition coefficient (Wildman–Crippen LogP) is 3.94. The molecule has 0 aliphatic heterocycles. The third kappa shape index (κ3) is 3.34. The number of hydrogen-bond acceptors (Lipinski definition) is 3. The number of rotatable bonds is 4. The highest BCUT2D eigenvalue weighted by Crippen LogP contribution is 2.42. The number of benzene rings is 1. The van der Waals surface area contributed by atoms with Crippen LogP contribution in [0.15, 0.2) is 18.2 Å². The summed E-state index contributed by atoms with van der Waals surface area (Å²) in [6.45, 7) is 7.01. The monoisotopic (exact) mass is 263 g/mol. The second kappa shape index (κ2) is 5.32. The van der Waals surface area contributed by atoms with Gasteiger partial charge < -0.3 is 14.8 Å². The molecule has 1 aliphatic carbocycles. The topological polar surface area (TPSA) is 30.5 Å². The number of anilines is 1. The Morgan fingerprint density at radius 3 is 2.05 bits per heavy atom. The molecule has 1 aliphatic rings. The molecule has 0 bridgehead atoms. The molecule has 2 rings (SSSR count). The van der Waals surface area contributed by atoms with Gasteiger partial charge in [0.05, 0.1) is 14.2 Å². The van der Waals surface area contributed by atoms with Gasteiger partial charge in [0, 0.05) is 29.9 Å². The van der Waals surface area contributed by atoms with Crippen molar-refractivity contribution in [1.29, 1.82) is 0 Å². The Bertz CT molecular complexity index is 420. The van der Waals surface area contributed by atoms with Crippen molar-refractivity contribution >= 4 is 5.69 Å². The van der Waals surface area contributed by atoms with Gasteiger partial charge in [-0.05, 0) is 24.2 Å². The van der Waals surface area contributed by atoms with Crippen molar-refractivity contribution in [3.63, 3.8) is 0 Å². The van der Waals surface area contributed by atoms with Crippen LogP contribution in [0.4, 0.5) is 5.69 Å². The molecule has 3 heteroatoms. The van der Waals surface area contributed by atoms with Gasteiger partial charge in [-0.3, -0.25) is 0 Å². The quantitative estimate of drug-likeness (QED) is 0.892. The maximum Gasteiger partial charge on any atom is 0.124 e. The largest absolute Gasteiger partial charge is 0.497 e. The summed E-state index contributed by atoms with van der Waals surface area (Å²) in [5.41, 5.74) is 1.51. The molecule has 2 unspecified atom stereocenters. The third-order valence-corrected chi connectivity index (χ3v) is 4.04. The van der Waals surface area contributed by atoms with E-state index in [1.165, 1.54) is 12.8 Å². The predicted molar refractivity (Wildman–Crippen MR) is 79.1 cm³/mol. The van der Waals surface area contributed by atoms with E-state index < -0.39 is 0 Å². The zero-order valence-corrected chi connectivity index (χ0v) is 12.6. The fourth-order valence-electron chi connectivity index (χ4n) is 3.19. The Morgan fingerprint density at radius 2 is 1.63 bits per heavy atom. The molecule has 1 N–H and O–H groups in total.